The Labute approximate surface area is 200 Å². The highest BCUT2D eigenvalue weighted by atomic mass is 35.5. The molecule has 5 nitrogen and oxygen atoms in total. The van der Waals surface area contributed by atoms with Gasteiger partial charge in [0.05, 0.1) is 5.56 Å². The van der Waals surface area contributed by atoms with Crippen LogP contribution in [0.2, 0.25) is 0 Å². The third-order valence-corrected chi connectivity index (χ3v) is 6.17. The lowest BCUT2D eigenvalue weighted by Crippen LogP contribution is -2.39. The van der Waals surface area contributed by atoms with Crippen LogP contribution in [0.3, 0.4) is 0 Å². The minimum atomic E-state index is -0.935. The Morgan fingerprint density at radius 2 is 1.67 bits per heavy atom. The summed E-state index contributed by atoms with van der Waals surface area (Å²) < 4.78 is 0. The molecule has 0 aromatic heterocycles. The molecule has 0 aliphatic carbocycles. The minimum absolute atomic E-state index is 0. The van der Waals surface area contributed by atoms with Crippen molar-refractivity contribution in [3.8, 4) is 11.1 Å². The van der Waals surface area contributed by atoms with Crippen molar-refractivity contribution in [1.82, 2.24) is 5.32 Å². The van der Waals surface area contributed by atoms with Crippen LogP contribution in [0.4, 0.5) is 5.69 Å². The lowest BCUT2D eigenvalue weighted by Gasteiger charge is -2.27. The lowest BCUT2D eigenvalue weighted by molar-refractivity contribution is -0.118. The molecular formula is C27H29ClN2O3. The Morgan fingerprint density at radius 3 is 2.33 bits per heavy atom. The Hall–Kier alpha value is -3.15. The molecule has 0 unspecified atom stereocenters. The van der Waals surface area contributed by atoms with Crippen molar-refractivity contribution >= 4 is 30.0 Å². The summed E-state index contributed by atoms with van der Waals surface area (Å²) >= 11 is 0. The van der Waals surface area contributed by atoms with Gasteiger partial charge in [0, 0.05) is 30.7 Å². The maximum absolute atomic E-state index is 13.0. The number of hydrogen-bond donors (Lipinski definition) is 2. The van der Waals surface area contributed by atoms with Crippen LogP contribution in [0, 0.1) is 0 Å². The highest BCUT2D eigenvalue weighted by molar-refractivity contribution is 5.97. The first-order valence-corrected chi connectivity index (χ1v) is 10.9. The molecule has 0 radical (unpaired) electrons. The number of aromatic carboxylic acids is 1. The standard InChI is InChI=1S/C27H28N2O3.ClH/c1-27(2,21-7-4-3-5-8-21)28-17-15-25(30)29-18-16-23-22(9-6-10-24(23)29)19-11-13-20(14-12-19)26(31)32;/h3-14,28H,15-18H2,1-2H3,(H,31,32);1H. The van der Waals surface area contributed by atoms with Gasteiger partial charge in [0.2, 0.25) is 5.91 Å². The van der Waals surface area contributed by atoms with Gasteiger partial charge in [-0.25, -0.2) is 4.79 Å². The number of fused-ring (bicyclic) bond motifs is 1. The van der Waals surface area contributed by atoms with Crippen molar-refractivity contribution in [2.24, 2.45) is 0 Å². The van der Waals surface area contributed by atoms with Crippen LogP contribution >= 0.6 is 12.4 Å². The molecule has 0 saturated heterocycles. The molecule has 172 valence electrons. The number of halogens is 1. The average Bonchev–Trinajstić information content (AvgIpc) is 3.24. The van der Waals surface area contributed by atoms with Crippen molar-refractivity contribution in [3.05, 3.63) is 89.5 Å². The van der Waals surface area contributed by atoms with Crippen LogP contribution < -0.4 is 10.2 Å². The predicted octanol–water partition coefficient (Wildman–Crippen LogP) is 5.28. The molecule has 0 fully saturated rings. The average molecular weight is 465 g/mol. The van der Waals surface area contributed by atoms with E-state index in [-0.39, 0.29) is 29.4 Å². The van der Waals surface area contributed by atoms with Crippen molar-refractivity contribution in [1.29, 1.82) is 0 Å². The SMILES string of the molecule is CC(C)(NCCC(=O)N1CCc2c(-c3ccc(C(=O)O)cc3)cccc21)c1ccccc1.Cl. The Balaban J connectivity index is 0.00000306. The highest BCUT2D eigenvalue weighted by Crippen LogP contribution is 2.36. The summed E-state index contributed by atoms with van der Waals surface area (Å²) in [5.74, 6) is -0.825. The van der Waals surface area contributed by atoms with Crippen molar-refractivity contribution in [2.75, 3.05) is 18.0 Å². The van der Waals surface area contributed by atoms with Gasteiger partial charge in [-0.2, -0.15) is 0 Å². The molecule has 1 heterocycles. The second-order valence-electron chi connectivity index (χ2n) is 8.65. The highest BCUT2D eigenvalue weighted by Gasteiger charge is 2.27. The fraction of sp³-hybridized carbons (Fsp3) is 0.259. The van der Waals surface area contributed by atoms with Gasteiger partial charge in [-0.05, 0) is 60.7 Å². The molecule has 1 amide bonds. The number of nitrogens with zero attached hydrogens (tertiary/aromatic N) is 1. The molecule has 1 aliphatic heterocycles. The summed E-state index contributed by atoms with van der Waals surface area (Å²) in [6.45, 7) is 5.52. The Kier molecular flexibility index (Phi) is 7.57. The summed E-state index contributed by atoms with van der Waals surface area (Å²) in [6, 6.07) is 23.1. The normalized spacial score (nSPS) is 12.7. The summed E-state index contributed by atoms with van der Waals surface area (Å²) in [6.07, 6.45) is 1.22. The number of anilines is 1. The van der Waals surface area contributed by atoms with E-state index < -0.39 is 5.97 Å². The van der Waals surface area contributed by atoms with E-state index in [2.05, 4.69) is 31.3 Å². The van der Waals surface area contributed by atoms with Gasteiger partial charge in [-0.1, -0.05) is 54.6 Å². The van der Waals surface area contributed by atoms with E-state index in [0.29, 0.717) is 19.5 Å². The van der Waals surface area contributed by atoms with Crippen LogP contribution in [-0.2, 0) is 16.8 Å². The van der Waals surface area contributed by atoms with E-state index in [1.54, 1.807) is 12.1 Å². The maximum Gasteiger partial charge on any atom is 0.335 e. The fourth-order valence-electron chi connectivity index (χ4n) is 4.33. The third-order valence-electron chi connectivity index (χ3n) is 6.17. The first-order chi connectivity index (χ1) is 15.4. The van der Waals surface area contributed by atoms with E-state index in [1.165, 1.54) is 5.56 Å². The van der Waals surface area contributed by atoms with Gasteiger partial charge in [0.15, 0.2) is 0 Å². The molecular weight excluding hydrogens is 436 g/mol. The van der Waals surface area contributed by atoms with E-state index in [0.717, 1.165) is 28.8 Å². The number of carbonyl (C=O) groups is 2. The maximum atomic E-state index is 13.0. The van der Waals surface area contributed by atoms with Crippen molar-refractivity contribution in [2.45, 2.75) is 32.2 Å². The van der Waals surface area contributed by atoms with E-state index in [4.69, 9.17) is 5.11 Å². The molecule has 1 aliphatic rings. The molecule has 0 atom stereocenters. The largest absolute Gasteiger partial charge is 0.478 e. The smallest absolute Gasteiger partial charge is 0.335 e. The van der Waals surface area contributed by atoms with E-state index in [9.17, 15) is 9.59 Å². The summed E-state index contributed by atoms with van der Waals surface area (Å²) in [7, 11) is 0. The third kappa shape index (κ3) is 5.27. The number of rotatable bonds is 7. The number of hydrogen-bond acceptors (Lipinski definition) is 3. The van der Waals surface area contributed by atoms with Crippen LogP contribution in [0.15, 0.2) is 72.8 Å². The minimum Gasteiger partial charge on any atom is -0.478 e. The quantitative estimate of drug-likeness (QED) is 0.499. The zero-order chi connectivity index (χ0) is 22.7. The van der Waals surface area contributed by atoms with Crippen LogP contribution in [-0.4, -0.2) is 30.1 Å². The molecule has 6 heteroatoms. The van der Waals surface area contributed by atoms with Crippen LogP contribution in [0.1, 0.15) is 41.8 Å². The molecule has 0 saturated carbocycles. The number of benzene rings is 3. The monoisotopic (exact) mass is 464 g/mol. The van der Waals surface area contributed by atoms with Crippen molar-refractivity contribution in [3.63, 3.8) is 0 Å². The number of carboxylic acid groups (broad SMARTS) is 1. The lowest BCUT2D eigenvalue weighted by atomic mass is 9.94. The van der Waals surface area contributed by atoms with Gasteiger partial charge < -0.3 is 15.3 Å². The summed E-state index contributed by atoms with van der Waals surface area (Å²) in [4.78, 5) is 26.0. The molecule has 0 spiro atoms. The van der Waals surface area contributed by atoms with Gasteiger partial charge in [-0.3, -0.25) is 4.79 Å². The molecule has 33 heavy (non-hydrogen) atoms. The Bertz CT molecular complexity index is 1130. The molecule has 4 rings (SSSR count). The Morgan fingerprint density at radius 1 is 0.970 bits per heavy atom. The number of carbonyl (C=O) groups excluding carboxylic acids is 1. The second kappa shape index (κ2) is 10.2. The summed E-state index contributed by atoms with van der Waals surface area (Å²) in [5.41, 5.74) is 5.37. The summed E-state index contributed by atoms with van der Waals surface area (Å²) in [5, 5.41) is 12.6. The van der Waals surface area contributed by atoms with E-state index in [1.807, 2.05) is 53.4 Å². The predicted molar refractivity (Wildman–Crippen MR) is 134 cm³/mol. The van der Waals surface area contributed by atoms with Gasteiger partial charge in [0.25, 0.3) is 0 Å². The first-order valence-electron chi connectivity index (χ1n) is 10.9. The first kappa shape index (κ1) is 24.5. The number of amides is 1. The van der Waals surface area contributed by atoms with Crippen molar-refractivity contribution < 1.29 is 14.7 Å². The topological polar surface area (TPSA) is 69.6 Å². The zero-order valence-corrected chi connectivity index (χ0v) is 19.7. The van der Waals surface area contributed by atoms with Gasteiger partial charge in [0.1, 0.15) is 0 Å². The van der Waals surface area contributed by atoms with Gasteiger partial charge >= 0.3 is 5.97 Å². The van der Waals surface area contributed by atoms with Crippen LogP contribution in [0.5, 0.6) is 0 Å². The van der Waals surface area contributed by atoms with E-state index >= 15 is 0 Å². The molecule has 0 bridgehead atoms. The van der Waals surface area contributed by atoms with Gasteiger partial charge in [-0.15, -0.1) is 12.4 Å². The molecule has 2 N–H and O–H groups in total. The number of nitrogens with one attached hydrogen (secondary N) is 1. The zero-order valence-electron chi connectivity index (χ0n) is 18.9. The molecule has 3 aromatic carbocycles. The molecule has 3 aromatic rings. The fourth-order valence-corrected chi connectivity index (χ4v) is 4.33. The number of carboxylic acids is 1. The second-order valence-corrected chi connectivity index (χ2v) is 8.65. The van der Waals surface area contributed by atoms with Crippen LogP contribution in [0.25, 0.3) is 11.1 Å².